The van der Waals surface area contributed by atoms with Gasteiger partial charge in [-0.2, -0.15) is 0 Å². The van der Waals surface area contributed by atoms with Gasteiger partial charge in [0.1, 0.15) is 5.75 Å². The van der Waals surface area contributed by atoms with Gasteiger partial charge in [0.05, 0.1) is 5.56 Å². The molecule has 5 nitrogen and oxygen atoms in total. The van der Waals surface area contributed by atoms with Crippen molar-refractivity contribution in [1.82, 2.24) is 15.3 Å². The second-order valence-corrected chi connectivity index (χ2v) is 5.25. The first-order valence-corrected chi connectivity index (χ1v) is 7.60. The van der Waals surface area contributed by atoms with Gasteiger partial charge in [0.25, 0.3) is 5.91 Å². The Hall–Kier alpha value is -3.21. The molecule has 3 aromatic rings. The molecule has 0 aliphatic carbocycles. The SMILES string of the molecule is Cc1ccc(C(=O)NCc2cccnc2Oc2ccccc2)cn1. The Morgan fingerprint density at radius 3 is 2.62 bits per heavy atom. The number of amides is 1. The molecule has 0 fully saturated rings. The Kier molecular flexibility index (Phi) is 4.81. The van der Waals surface area contributed by atoms with Crippen LogP contribution in [-0.4, -0.2) is 15.9 Å². The minimum absolute atomic E-state index is 0.183. The van der Waals surface area contributed by atoms with Gasteiger partial charge in [-0.25, -0.2) is 4.98 Å². The van der Waals surface area contributed by atoms with E-state index in [1.807, 2.05) is 55.5 Å². The average molecular weight is 319 g/mol. The highest BCUT2D eigenvalue weighted by Crippen LogP contribution is 2.22. The molecule has 2 heterocycles. The normalized spacial score (nSPS) is 10.2. The number of hydrogen-bond acceptors (Lipinski definition) is 4. The van der Waals surface area contributed by atoms with Gasteiger partial charge in [-0.1, -0.05) is 24.3 Å². The first-order valence-electron chi connectivity index (χ1n) is 7.60. The van der Waals surface area contributed by atoms with E-state index in [-0.39, 0.29) is 5.91 Å². The minimum Gasteiger partial charge on any atom is -0.439 e. The zero-order valence-corrected chi connectivity index (χ0v) is 13.3. The Bertz CT molecular complexity index is 818. The van der Waals surface area contributed by atoms with E-state index in [9.17, 15) is 4.79 Å². The fraction of sp³-hybridized carbons (Fsp3) is 0.105. The number of ether oxygens (including phenoxy) is 1. The number of carbonyl (C=O) groups is 1. The highest BCUT2D eigenvalue weighted by Gasteiger charge is 2.09. The average Bonchev–Trinajstić information content (AvgIpc) is 2.62. The molecule has 0 spiro atoms. The predicted octanol–water partition coefficient (Wildman–Crippen LogP) is 3.51. The number of benzene rings is 1. The lowest BCUT2D eigenvalue weighted by Crippen LogP contribution is -2.23. The molecule has 0 radical (unpaired) electrons. The summed E-state index contributed by atoms with van der Waals surface area (Å²) in [5.41, 5.74) is 2.20. The molecule has 1 amide bonds. The Labute approximate surface area is 140 Å². The van der Waals surface area contributed by atoms with Crippen molar-refractivity contribution < 1.29 is 9.53 Å². The van der Waals surface area contributed by atoms with Crippen molar-refractivity contribution in [3.63, 3.8) is 0 Å². The largest absolute Gasteiger partial charge is 0.439 e. The highest BCUT2D eigenvalue weighted by molar-refractivity contribution is 5.93. The Morgan fingerprint density at radius 2 is 1.88 bits per heavy atom. The van der Waals surface area contributed by atoms with E-state index in [1.54, 1.807) is 18.5 Å². The molecule has 5 heteroatoms. The van der Waals surface area contributed by atoms with E-state index in [1.165, 1.54) is 0 Å². The smallest absolute Gasteiger partial charge is 0.253 e. The summed E-state index contributed by atoms with van der Waals surface area (Å²) in [5.74, 6) is 0.995. The number of aryl methyl sites for hydroxylation is 1. The number of nitrogens with zero attached hydrogens (tertiary/aromatic N) is 2. The molecule has 0 aliphatic rings. The molecule has 120 valence electrons. The molecular weight excluding hydrogens is 302 g/mol. The molecule has 0 saturated carbocycles. The molecule has 24 heavy (non-hydrogen) atoms. The number of carbonyl (C=O) groups excluding carboxylic acids is 1. The van der Waals surface area contributed by atoms with Gasteiger partial charge in [0.2, 0.25) is 5.88 Å². The van der Waals surface area contributed by atoms with Crippen LogP contribution in [0.4, 0.5) is 0 Å². The molecule has 2 aromatic heterocycles. The van der Waals surface area contributed by atoms with E-state index < -0.39 is 0 Å². The minimum atomic E-state index is -0.183. The summed E-state index contributed by atoms with van der Waals surface area (Å²) in [5, 5.41) is 2.86. The molecule has 0 atom stereocenters. The summed E-state index contributed by atoms with van der Waals surface area (Å²) in [7, 11) is 0. The third-order valence-corrected chi connectivity index (χ3v) is 3.42. The maximum absolute atomic E-state index is 12.2. The zero-order chi connectivity index (χ0) is 16.8. The van der Waals surface area contributed by atoms with E-state index in [2.05, 4.69) is 15.3 Å². The van der Waals surface area contributed by atoms with Gasteiger partial charge in [0, 0.05) is 30.2 Å². The van der Waals surface area contributed by atoms with E-state index in [0.29, 0.717) is 23.7 Å². The Balaban J connectivity index is 1.69. The van der Waals surface area contributed by atoms with Gasteiger partial charge >= 0.3 is 0 Å². The quantitative estimate of drug-likeness (QED) is 0.781. The van der Waals surface area contributed by atoms with E-state index >= 15 is 0 Å². The van der Waals surface area contributed by atoms with Gasteiger partial charge in [-0.05, 0) is 37.3 Å². The summed E-state index contributed by atoms with van der Waals surface area (Å²) < 4.78 is 5.79. The van der Waals surface area contributed by atoms with Crippen LogP contribution in [0.15, 0.2) is 67.0 Å². The second-order valence-electron chi connectivity index (χ2n) is 5.25. The van der Waals surface area contributed by atoms with Crippen molar-refractivity contribution in [2.45, 2.75) is 13.5 Å². The first kappa shape index (κ1) is 15.7. The van der Waals surface area contributed by atoms with Crippen LogP contribution in [0.1, 0.15) is 21.6 Å². The lowest BCUT2D eigenvalue weighted by atomic mass is 10.2. The molecule has 0 aliphatic heterocycles. The summed E-state index contributed by atoms with van der Waals surface area (Å²) >= 11 is 0. The van der Waals surface area contributed by atoms with Crippen molar-refractivity contribution in [3.05, 3.63) is 83.8 Å². The third-order valence-electron chi connectivity index (χ3n) is 3.42. The number of pyridine rings is 2. The van der Waals surface area contributed by atoms with Gasteiger partial charge in [0.15, 0.2) is 0 Å². The van der Waals surface area contributed by atoms with Crippen LogP contribution in [0.5, 0.6) is 11.6 Å². The van der Waals surface area contributed by atoms with Gasteiger partial charge in [-0.3, -0.25) is 9.78 Å². The molecule has 0 bridgehead atoms. The number of aromatic nitrogens is 2. The zero-order valence-electron chi connectivity index (χ0n) is 13.3. The maximum atomic E-state index is 12.2. The van der Waals surface area contributed by atoms with E-state index in [4.69, 9.17) is 4.74 Å². The van der Waals surface area contributed by atoms with Gasteiger partial charge < -0.3 is 10.1 Å². The summed E-state index contributed by atoms with van der Waals surface area (Å²) in [6.07, 6.45) is 3.22. The van der Waals surface area contributed by atoms with E-state index in [0.717, 1.165) is 11.3 Å². The topological polar surface area (TPSA) is 64.1 Å². The van der Waals surface area contributed by atoms with Crippen molar-refractivity contribution in [3.8, 4) is 11.6 Å². The summed E-state index contributed by atoms with van der Waals surface area (Å²) in [4.78, 5) is 20.6. The number of nitrogens with one attached hydrogen (secondary N) is 1. The predicted molar refractivity (Wildman–Crippen MR) is 90.9 cm³/mol. The van der Waals surface area contributed by atoms with Crippen molar-refractivity contribution in [2.24, 2.45) is 0 Å². The maximum Gasteiger partial charge on any atom is 0.253 e. The second kappa shape index (κ2) is 7.37. The molecule has 3 rings (SSSR count). The Morgan fingerprint density at radius 1 is 1.04 bits per heavy atom. The standard InChI is InChI=1S/C19H17N3O2/c1-14-9-10-15(12-21-14)18(23)22-13-16-6-5-11-20-19(16)24-17-7-3-2-4-8-17/h2-12H,13H2,1H3,(H,22,23). The lowest BCUT2D eigenvalue weighted by molar-refractivity contribution is 0.0950. The van der Waals surface area contributed by atoms with Crippen molar-refractivity contribution >= 4 is 5.91 Å². The monoisotopic (exact) mass is 319 g/mol. The number of rotatable bonds is 5. The van der Waals surface area contributed by atoms with Crippen LogP contribution in [0.2, 0.25) is 0 Å². The van der Waals surface area contributed by atoms with Crippen LogP contribution >= 0.6 is 0 Å². The van der Waals surface area contributed by atoms with Crippen LogP contribution < -0.4 is 10.1 Å². The molecule has 1 aromatic carbocycles. The molecule has 1 N–H and O–H groups in total. The lowest BCUT2D eigenvalue weighted by Gasteiger charge is -2.10. The molecule has 0 unspecified atom stereocenters. The number of para-hydroxylation sites is 1. The fourth-order valence-corrected chi connectivity index (χ4v) is 2.13. The van der Waals surface area contributed by atoms with Gasteiger partial charge in [-0.15, -0.1) is 0 Å². The van der Waals surface area contributed by atoms with Crippen molar-refractivity contribution in [2.75, 3.05) is 0 Å². The number of hydrogen-bond donors (Lipinski definition) is 1. The summed E-state index contributed by atoms with van der Waals surface area (Å²) in [6.45, 7) is 2.20. The third kappa shape index (κ3) is 3.95. The fourth-order valence-electron chi connectivity index (χ4n) is 2.13. The highest BCUT2D eigenvalue weighted by atomic mass is 16.5. The van der Waals surface area contributed by atoms with Crippen LogP contribution in [0.3, 0.4) is 0 Å². The molecule has 0 saturated heterocycles. The molecular formula is C19H17N3O2. The first-order chi connectivity index (χ1) is 11.7. The summed E-state index contributed by atoms with van der Waals surface area (Å²) in [6, 6.07) is 16.7. The van der Waals surface area contributed by atoms with Crippen LogP contribution in [0.25, 0.3) is 0 Å². The van der Waals surface area contributed by atoms with Crippen LogP contribution in [0, 0.1) is 6.92 Å². The van der Waals surface area contributed by atoms with Crippen LogP contribution in [-0.2, 0) is 6.54 Å². The van der Waals surface area contributed by atoms with Crippen molar-refractivity contribution in [1.29, 1.82) is 0 Å².